The molecule has 0 radical (unpaired) electrons. The van der Waals surface area contributed by atoms with Crippen LogP contribution in [0.15, 0.2) is 48.5 Å². The van der Waals surface area contributed by atoms with Crippen LogP contribution in [0.4, 0.5) is 0 Å². The molecule has 1 heterocycles. The molecule has 1 aliphatic heterocycles. The van der Waals surface area contributed by atoms with E-state index in [9.17, 15) is 9.59 Å². The Balaban J connectivity index is 1.45. The van der Waals surface area contributed by atoms with Crippen molar-refractivity contribution in [2.45, 2.75) is 32.9 Å². The largest absolute Gasteiger partial charge is 0.351 e. The summed E-state index contributed by atoms with van der Waals surface area (Å²) in [4.78, 5) is 29.1. The van der Waals surface area contributed by atoms with Crippen molar-refractivity contribution >= 4 is 23.4 Å². The van der Waals surface area contributed by atoms with Crippen molar-refractivity contribution in [2.24, 2.45) is 0 Å². The van der Waals surface area contributed by atoms with E-state index in [1.807, 2.05) is 61.2 Å². The van der Waals surface area contributed by atoms with E-state index < -0.39 is 0 Å². The highest BCUT2D eigenvalue weighted by Gasteiger charge is 2.27. The Bertz CT molecular complexity index is 845. The third-order valence-corrected chi connectivity index (χ3v) is 5.85. The molecule has 0 saturated carbocycles. The lowest BCUT2D eigenvalue weighted by atomic mass is 10.1. The first-order chi connectivity index (χ1) is 13.9. The Morgan fingerprint density at radius 1 is 1.03 bits per heavy atom. The third kappa shape index (κ3) is 5.81. The number of carbonyl (C=O) groups is 2. The molecule has 1 atom stereocenters. The minimum atomic E-state index is -0.221. The van der Waals surface area contributed by atoms with Crippen LogP contribution in [-0.4, -0.2) is 53.8 Å². The maximum atomic E-state index is 12.6. The van der Waals surface area contributed by atoms with Crippen LogP contribution in [0.5, 0.6) is 0 Å². The van der Waals surface area contributed by atoms with Gasteiger partial charge in [-0.2, -0.15) is 0 Å². The van der Waals surface area contributed by atoms with E-state index >= 15 is 0 Å². The van der Waals surface area contributed by atoms with Gasteiger partial charge in [0.1, 0.15) is 0 Å². The van der Waals surface area contributed by atoms with Gasteiger partial charge in [0.15, 0.2) is 0 Å². The first kappa shape index (κ1) is 21.3. The fourth-order valence-corrected chi connectivity index (χ4v) is 3.69. The number of amides is 2. The maximum absolute atomic E-state index is 12.6. The summed E-state index contributed by atoms with van der Waals surface area (Å²) in [5.74, 6) is 0.0932. The summed E-state index contributed by atoms with van der Waals surface area (Å²) in [6, 6.07) is 15.4. The van der Waals surface area contributed by atoms with E-state index in [0.717, 1.165) is 11.1 Å². The molecule has 1 unspecified atom stereocenters. The van der Waals surface area contributed by atoms with Gasteiger partial charge in [-0.05, 0) is 31.0 Å². The first-order valence-electron chi connectivity index (χ1n) is 10.0. The van der Waals surface area contributed by atoms with Gasteiger partial charge in [-0.25, -0.2) is 0 Å². The summed E-state index contributed by atoms with van der Waals surface area (Å²) in [5.41, 5.74) is 3.15. The highest BCUT2D eigenvalue weighted by Crippen LogP contribution is 2.17. The minimum absolute atomic E-state index is 0.0152. The van der Waals surface area contributed by atoms with E-state index in [0.29, 0.717) is 44.2 Å². The van der Waals surface area contributed by atoms with E-state index in [-0.39, 0.29) is 17.9 Å². The molecule has 0 aliphatic carbocycles. The molecular weight excluding hydrogens is 386 g/mol. The number of benzene rings is 2. The molecule has 2 aromatic rings. The average Bonchev–Trinajstić information content (AvgIpc) is 2.74. The molecule has 0 bridgehead atoms. The lowest BCUT2D eigenvalue weighted by Crippen LogP contribution is -2.55. The molecule has 1 N–H and O–H groups in total. The zero-order valence-electron chi connectivity index (χ0n) is 17.0. The Morgan fingerprint density at radius 2 is 1.69 bits per heavy atom. The number of hydrogen-bond acceptors (Lipinski definition) is 3. The van der Waals surface area contributed by atoms with Crippen LogP contribution in [-0.2, 0) is 22.6 Å². The topological polar surface area (TPSA) is 52.7 Å². The van der Waals surface area contributed by atoms with Crippen LogP contribution >= 0.6 is 11.6 Å². The van der Waals surface area contributed by atoms with Gasteiger partial charge in [-0.3, -0.25) is 14.5 Å². The number of carbonyl (C=O) groups excluding carboxylic acids is 2. The minimum Gasteiger partial charge on any atom is -0.351 e. The van der Waals surface area contributed by atoms with E-state index in [4.69, 9.17) is 11.6 Å². The summed E-state index contributed by atoms with van der Waals surface area (Å²) >= 11 is 6.17. The average molecular weight is 414 g/mol. The van der Waals surface area contributed by atoms with Crippen LogP contribution in [0.25, 0.3) is 0 Å². The number of halogens is 1. The van der Waals surface area contributed by atoms with Gasteiger partial charge in [0.05, 0.1) is 12.5 Å². The van der Waals surface area contributed by atoms with Gasteiger partial charge >= 0.3 is 0 Å². The number of piperazine rings is 1. The lowest BCUT2D eigenvalue weighted by molar-refractivity contribution is -0.133. The van der Waals surface area contributed by atoms with Crippen molar-refractivity contribution in [2.75, 3.05) is 26.2 Å². The molecule has 1 saturated heterocycles. The summed E-state index contributed by atoms with van der Waals surface area (Å²) < 4.78 is 0. The monoisotopic (exact) mass is 413 g/mol. The Morgan fingerprint density at radius 3 is 2.34 bits per heavy atom. The molecule has 2 aromatic carbocycles. The Hall–Kier alpha value is -2.37. The second kappa shape index (κ2) is 9.90. The van der Waals surface area contributed by atoms with Gasteiger partial charge in [0.2, 0.25) is 11.8 Å². The lowest BCUT2D eigenvalue weighted by Gasteiger charge is -2.37. The van der Waals surface area contributed by atoms with Crippen molar-refractivity contribution in [1.29, 1.82) is 0 Å². The molecule has 0 aromatic heterocycles. The van der Waals surface area contributed by atoms with Crippen LogP contribution < -0.4 is 5.32 Å². The van der Waals surface area contributed by atoms with Gasteiger partial charge in [-0.1, -0.05) is 59.6 Å². The zero-order chi connectivity index (χ0) is 20.8. The highest BCUT2D eigenvalue weighted by molar-refractivity contribution is 6.31. The summed E-state index contributed by atoms with van der Waals surface area (Å²) in [6.07, 6.45) is 0.312. The highest BCUT2D eigenvalue weighted by atomic mass is 35.5. The first-order valence-corrected chi connectivity index (χ1v) is 10.4. The van der Waals surface area contributed by atoms with Gasteiger partial charge in [0, 0.05) is 37.7 Å². The third-order valence-electron chi connectivity index (χ3n) is 5.48. The van der Waals surface area contributed by atoms with Gasteiger partial charge in [-0.15, -0.1) is 0 Å². The van der Waals surface area contributed by atoms with Crippen molar-refractivity contribution < 1.29 is 9.59 Å². The molecule has 1 aliphatic rings. The Labute approximate surface area is 177 Å². The second-order valence-corrected chi connectivity index (χ2v) is 7.97. The summed E-state index contributed by atoms with van der Waals surface area (Å²) in [7, 11) is 0. The zero-order valence-corrected chi connectivity index (χ0v) is 17.8. The molecule has 29 heavy (non-hydrogen) atoms. The Kier molecular flexibility index (Phi) is 7.29. The normalized spacial score (nSPS) is 15.8. The SMILES string of the molecule is Cc1ccc(CNC(=O)C(C)N2CCN(C(=O)Cc3ccccc3Cl)CC2)cc1. The molecule has 1 fully saturated rings. The second-order valence-electron chi connectivity index (χ2n) is 7.56. The number of nitrogens with one attached hydrogen (secondary N) is 1. The van der Waals surface area contributed by atoms with Crippen molar-refractivity contribution in [1.82, 2.24) is 15.1 Å². The smallest absolute Gasteiger partial charge is 0.237 e. The van der Waals surface area contributed by atoms with E-state index in [1.54, 1.807) is 6.07 Å². The summed E-state index contributed by atoms with van der Waals surface area (Å²) in [6.45, 7) is 7.12. The number of aryl methyl sites for hydroxylation is 1. The molecule has 154 valence electrons. The van der Waals surface area contributed by atoms with Crippen LogP contribution in [0, 0.1) is 6.92 Å². The fourth-order valence-electron chi connectivity index (χ4n) is 3.48. The van der Waals surface area contributed by atoms with Crippen LogP contribution in [0.2, 0.25) is 5.02 Å². The summed E-state index contributed by atoms with van der Waals surface area (Å²) in [5, 5.41) is 3.64. The number of rotatable bonds is 6. The van der Waals surface area contributed by atoms with Crippen LogP contribution in [0.3, 0.4) is 0 Å². The molecule has 5 nitrogen and oxygen atoms in total. The quantitative estimate of drug-likeness (QED) is 0.791. The number of hydrogen-bond donors (Lipinski definition) is 1. The predicted octanol–water partition coefficient (Wildman–Crippen LogP) is 3.04. The molecule has 6 heteroatoms. The molecule has 3 rings (SSSR count). The standard InChI is InChI=1S/C23H28ClN3O2/c1-17-7-9-19(10-8-17)16-25-23(29)18(2)26-11-13-27(14-12-26)22(28)15-20-5-3-4-6-21(20)24/h3-10,18H,11-16H2,1-2H3,(H,25,29). The van der Waals surface area contributed by atoms with E-state index in [2.05, 4.69) is 10.2 Å². The van der Waals surface area contributed by atoms with E-state index in [1.165, 1.54) is 5.56 Å². The van der Waals surface area contributed by atoms with Crippen molar-refractivity contribution in [3.05, 3.63) is 70.2 Å². The van der Waals surface area contributed by atoms with Gasteiger partial charge < -0.3 is 10.2 Å². The van der Waals surface area contributed by atoms with Crippen LogP contribution in [0.1, 0.15) is 23.6 Å². The molecular formula is C23H28ClN3O2. The number of nitrogens with zero attached hydrogens (tertiary/aromatic N) is 2. The van der Waals surface area contributed by atoms with Crippen molar-refractivity contribution in [3.63, 3.8) is 0 Å². The molecule has 0 spiro atoms. The van der Waals surface area contributed by atoms with Gasteiger partial charge in [0.25, 0.3) is 0 Å². The fraction of sp³-hybridized carbons (Fsp3) is 0.391. The predicted molar refractivity (Wildman–Crippen MR) is 116 cm³/mol. The molecule has 2 amide bonds. The maximum Gasteiger partial charge on any atom is 0.237 e. The van der Waals surface area contributed by atoms with Crippen molar-refractivity contribution in [3.8, 4) is 0 Å².